The van der Waals surface area contributed by atoms with Crippen LogP contribution in [0.15, 0.2) is 23.1 Å². The van der Waals surface area contributed by atoms with Crippen molar-refractivity contribution in [1.29, 1.82) is 0 Å². The predicted molar refractivity (Wildman–Crippen MR) is 49.6 cm³/mol. The van der Waals surface area contributed by atoms with Gasteiger partial charge in [-0.25, -0.2) is 0 Å². The number of thioether (sulfide) groups is 1. The maximum absolute atomic E-state index is 9.31. The van der Waals surface area contributed by atoms with Crippen LogP contribution in [0.5, 0.6) is 11.5 Å². The van der Waals surface area contributed by atoms with Gasteiger partial charge in [0.2, 0.25) is 0 Å². The van der Waals surface area contributed by atoms with Gasteiger partial charge in [0.25, 0.3) is 0 Å². The molecule has 0 saturated carbocycles. The van der Waals surface area contributed by atoms with E-state index in [0.717, 1.165) is 5.75 Å². The van der Waals surface area contributed by atoms with Crippen molar-refractivity contribution in [3.8, 4) is 11.5 Å². The number of nitrogens with two attached hydrogens (primary N) is 1. The normalized spacial score (nSPS) is 10.1. The first-order valence-corrected chi connectivity index (χ1v) is 4.58. The molecule has 1 rings (SSSR count). The van der Waals surface area contributed by atoms with Crippen LogP contribution in [-0.2, 0) is 0 Å². The van der Waals surface area contributed by atoms with E-state index < -0.39 is 0 Å². The van der Waals surface area contributed by atoms with E-state index in [4.69, 9.17) is 10.8 Å². The molecule has 0 aliphatic heterocycles. The molecule has 0 amide bonds. The van der Waals surface area contributed by atoms with Crippen LogP contribution in [0.2, 0.25) is 0 Å². The van der Waals surface area contributed by atoms with E-state index in [1.54, 1.807) is 12.1 Å². The minimum atomic E-state index is -0.0861. The Labute approximate surface area is 75.2 Å². The molecule has 0 aliphatic carbocycles. The van der Waals surface area contributed by atoms with E-state index in [-0.39, 0.29) is 11.5 Å². The van der Waals surface area contributed by atoms with Crippen LogP contribution in [0.3, 0.4) is 0 Å². The van der Waals surface area contributed by atoms with E-state index in [1.165, 1.54) is 17.8 Å². The third-order valence-corrected chi connectivity index (χ3v) is 2.43. The summed E-state index contributed by atoms with van der Waals surface area (Å²) >= 11 is 1.43. The molecule has 0 aliphatic rings. The first kappa shape index (κ1) is 9.22. The lowest BCUT2D eigenvalue weighted by molar-refractivity contribution is 0.395. The second-order valence-corrected chi connectivity index (χ2v) is 3.40. The first-order valence-electron chi connectivity index (χ1n) is 3.59. The Morgan fingerprint density at radius 1 is 1.33 bits per heavy atom. The van der Waals surface area contributed by atoms with Gasteiger partial charge in [-0.1, -0.05) is 6.07 Å². The number of phenols is 2. The van der Waals surface area contributed by atoms with Crippen molar-refractivity contribution in [1.82, 2.24) is 0 Å². The average molecular weight is 185 g/mol. The molecule has 3 nitrogen and oxygen atoms in total. The number of phenolic OH excluding ortho intramolecular Hbond substituents is 2. The molecular formula is C8H11NO2S. The van der Waals surface area contributed by atoms with Gasteiger partial charge >= 0.3 is 0 Å². The largest absolute Gasteiger partial charge is 0.504 e. The molecule has 0 fully saturated rings. The van der Waals surface area contributed by atoms with Crippen LogP contribution in [0.4, 0.5) is 0 Å². The van der Waals surface area contributed by atoms with Gasteiger partial charge < -0.3 is 15.9 Å². The topological polar surface area (TPSA) is 66.5 Å². The van der Waals surface area contributed by atoms with E-state index in [9.17, 15) is 5.11 Å². The molecule has 0 unspecified atom stereocenters. The average Bonchev–Trinajstić information content (AvgIpc) is 2.08. The number of hydrogen-bond acceptors (Lipinski definition) is 4. The summed E-state index contributed by atoms with van der Waals surface area (Å²) in [5.41, 5.74) is 5.30. The van der Waals surface area contributed by atoms with Gasteiger partial charge in [0, 0.05) is 12.3 Å². The third kappa shape index (κ3) is 2.06. The van der Waals surface area contributed by atoms with E-state index >= 15 is 0 Å². The van der Waals surface area contributed by atoms with Crippen LogP contribution < -0.4 is 5.73 Å². The minimum absolute atomic E-state index is 0.0593. The maximum Gasteiger partial charge on any atom is 0.171 e. The van der Waals surface area contributed by atoms with Crippen molar-refractivity contribution in [2.75, 3.05) is 12.3 Å². The van der Waals surface area contributed by atoms with E-state index in [1.807, 2.05) is 0 Å². The lowest BCUT2D eigenvalue weighted by Crippen LogP contribution is -2.00. The van der Waals surface area contributed by atoms with Gasteiger partial charge in [-0.3, -0.25) is 0 Å². The highest BCUT2D eigenvalue weighted by molar-refractivity contribution is 7.99. The lowest BCUT2D eigenvalue weighted by Gasteiger charge is -2.03. The van der Waals surface area contributed by atoms with Crippen LogP contribution in [0.1, 0.15) is 0 Å². The summed E-state index contributed by atoms with van der Waals surface area (Å²) in [5.74, 6) is 0.588. The van der Waals surface area contributed by atoms with Gasteiger partial charge in [0.05, 0.1) is 4.90 Å². The Morgan fingerprint density at radius 3 is 2.75 bits per heavy atom. The SMILES string of the molecule is NCCSc1cccc(O)c1O. The summed E-state index contributed by atoms with van der Waals surface area (Å²) in [6.45, 7) is 0.555. The maximum atomic E-state index is 9.31. The molecule has 4 heteroatoms. The second-order valence-electron chi connectivity index (χ2n) is 2.26. The quantitative estimate of drug-likeness (QED) is 0.488. The Bertz CT molecular complexity index is 265. The zero-order valence-corrected chi connectivity index (χ0v) is 7.34. The smallest absolute Gasteiger partial charge is 0.171 e. The molecule has 4 N–H and O–H groups in total. The number of para-hydroxylation sites is 1. The standard InChI is InChI=1S/C8H11NO2S/c9-4-5-12-7-3-1-2-6(10)8(7)11/h1-3,10-11H,4-5,9H2. The summed E-state index contributed by atoms with van der Waals surface area (Å²) in [6, 6.07) is 4.88. The Morgan fingerprint density at radius 2 is 2.08 bits per heavy atom. The van der Waals surface area contributed by atoms with Crippen molar-refractivity contribution in [2.45, 2.75) is 4.90 Å². The van der Waals surface area contributed by atoms with E-state index in [0.29, 0.717) is 11.4 Å². The van der Waals surface area contributed by atoms with Crippen LogP contribution in [-0.4, -0.2) is 22.5 Å². The third-order valence-electron chi connectivity index (χ3n) is 1.35. The zero-order chi connectivity index (χ0) is 8.97. The summed E-state index contributed by atoms with van der Waals surface area (Å²) < 4.78 is 0. The van der Waals surface area contributed by atoms with Crippen molar-refractivity contribution >= 4 is 11.8 Å². The number of benzene rings is 1. The molecule has 0 radical (unpaired) electrons. The van der Waals surface area contributed by atoms with Crippen LogP contribution >= 0.6 is 11.8 Å². The van der Waals surface area contributed by atoms with Gasteiger partial charge in [-0.05, 0) is 12.1 Å². The fourth-order valence-corrected chi connectivity index (χ4v) is 1.55. The Hall–Kier alpha value is -0.870. The molecular weight excluding hydrogens is 174 g/mol. The van der Waals surface area contributed by atoms with Gasteiger partial charge in [0.1, 0.15) is 0 Å². The molecule has 0 atom stereocenters. The van der Waals surface area contributed by atoms with Crippen molar-refractivity contribution < 1.29 is 10.2 Å². The molecule has 0 saturated heterocycles. The second kappa shape index (κ2) is 4.23. The molecule has 0 bridgehead atoms. The van der Waals surface area contributed by atoms with Crippen molar-refractivity contribution in [2.24, 2.45) is 5.73 Å². The molecule has 0 aromatic heterocycles. The Kier molecular flexibility index (Phi) is 3.25. The highest BCUT2D eigenvalue weighted by Crippen LogP contribution is 2.34. The molecule has 0 spiro atoms. The van der Waals surface area contributed by atoms with Gasteiger partial charge in [0.15, 0.2) is 11.5 Å². The van der Waals surface area contributed by atoms with E-state index in [2.05, 4.69) is 0 Å². The summed E-state index contributed by atoms with van der Waals surface area (Å²) in [4.78, 5) is 0.667. The lowest BCUT2D eigenvalue weighted by atomic mass is 10.3. The minimum Gasteiger partial charge on any atom is -0.504 e. The highest BCUT2D eigenvalue weighted by Gasteiger charge is 2.04. The summed E-state index contributed by atoms with van der Waals surface area (Å²) in [6.07, 6.45) is 0. The van der Waals surface area contributed by atoms with Crippen LogP contribution in [0.25, 0.3) is 0 Å². The molecule has 1 aromatic carbocycles. The summed E-state index contributed by atoms with van der Waals surface area (Å²) in [5, 5.41) is 18.4. The molecule has 0 heterocycles. The summed E-state index contributed by atoms with van der Waals surface area (Å²) in [7, 11) is 0. The van der Waals surface area contributed by atoms with Crippen molar-refractivity contribution in [3.05, 3.63) is 18.2 Å². The number of aromatic hydroxyl groups is 2. The monoisotopic (exact) mass is 185 g/mol. The first-order chi connectivity index (χ1) is 5.75. The fraction of sp³-hybridized carbons (Fsp3) is 0.250. The van der Waals surface area contributed by atoms with Crippen LogP contribution in [0, 0.1) is 0 Å². The molecule has 12 heavy (non-hydrogen) atoms. The zero-order valence-electron chi connectivity index (χ0n) is 6.53. The van der Waals surface area contributed by atoms with Crippen molar-refractivity contribution in [3.63, 3.8) is 0 Å². The fourth-order valence-electron chi connectivity index (χ4n) is 0.796. The van der Waals surface area contributed by atoms with Gasteiger partial charge in [-0.15, -0.1) is 11.8 Å². The molecule has 66 valence electrons. The predicted octanol–water partition coefficient (Wildman–Crippen LogP) is 1.15. The van der Waals surface area contributed by atoms with Gasteiger partial charge in [-0.2, -0.15) is 0 Å². The number of hydrogen-bond donors (Lipinski definition) is 3. The Balaban J connectivity index is 2.78. The highest BCUT2D eigenvalue weighted by atomic mass is 32.2. The number of rotatable bonds is 3. The molecule has 1 aromatic rings.